The van der Waals surface area contributed by atoms with Crippen LogP contribution in [0.15, 0.2) is 60.9 Å². The molecule has 0 aliphatic rings. The Kier molecular flexibility index (Phi) is 3.98. The molecule has 2 nitrogen and oxygen atoms in total. The normalized spacial score (nSPS) is 12.5. The third-order valence-corrected chi connectivity index (χ3v) is 3.93. The molecule has 0 saturated heterocycles. The van der Waals surface area contributed by atoms with E-state index >= 15 is 0 Å². The van der Waals surface area contributed by atoms with Crippen molar-refractivity contribution in [1.82, 2.24) is 10.3 Å². The highest BCUT2D eigenvalue weighted by atomic mass is 14.9. The summed E-state index contributed by atoms with van der Waals surface area (Å²) >= 11 is 0. The Morgan fingerprint density at radius 2 is 1.76 bits per heavy atom. The number of nitrogens with one attached hydrogen (secondary N) is 1. The molecule has 1 aromatic heterocycles. The molecule has 1 N–H and O–H groups in total. The lowest BCUT2D eigenvalue weighted by Crippen LogP contribution is -2.18. The van der Waals surface area contributed by atoms with Crippen LogP contribution in [-0.4, -0.2) is 4.98 Å². The summed E-state index contributed by atoms with van der Waals surface area (Å²) in [6, 6.07) is 17.4. The predicted octanol–water partition coefficient (Wildman–Crippen LogP) is 4.39. The summed E-state index contributed by atoms with van der Waals surface area (Å²) in [6.45, 7) is 5.14. The topological polar surface area (TPSA) is 24.9 Å². The van der Waals surface area contributed by atoms with Crippen LogP contribution in [-0.2, 0) is 6.54 Å². The summed E-state index contributed by atoms with van der Waals surface area (Å²) in [5, 5.41) is 6.06. The quantitative estimate of drug-likeness (QED) is 0.764. The molecule has 3 aromatic rings. The van der Waals surface area contributed by atoms with E-state index in [4.69, 9.17) is 0 Å². The average Bonchev–Trinajstić information content (AvgIpc) is 2.53. The Morgan fingerprint density at radius 1 is 1.00 bits per heavy atom. The predicted molar refractivity (Wildman–Crippen MR) is 88.2 cm³/mol. The molecule has 106 valence electrons. The molecule has 0 saturated carbocycles. The summed E-state index contributed by atoms with van der Waals surface area (Å²) in [4.78, 5) is 4.34. The van der Waals surface area contributed by atoms with E-state index in [1.165, 1.54) is 27.5 Å². The van der Waals surface area contributed by atoms with Crippen molar-refractivity contribution in [2.24, 2.45) is 0 Å². The molecule has 0 aliphatic carbocycles. The molecule has 1 atom stereocenters. The molecule has 0 spiro atoms. The number of aromatic nitrogens is 1. The third-order valence-electron chi connectivity index (χ3n) is 3.93. The van der Waals surface area contributed by atoms with Crippen molar-refractivity contribution in [1.29, 1.82) is 0 Å². The van der Waals surface area contributed by atoms with Crippen molar-refractivity contribution >= 4 is 10.8 Å². The van der Waals surface area contributed by atoms with Gasteiger partial charge in [0.2, 0.25) is 0 Å². The van der Waals surface area contributed by atoms with Gasteiger partial charge in [0.25, 0.3) is 0 Å². The Morgan fingerprint density at radius 3 is 2.57 bits per heavy atom. The van der Waals surface area contributed by atoms with Crippen LogP contribution in [0.3, 0.4) is 0 Å². The van der Waals surface area contributed by atoms with Crippen molar-refractivity contribution < 1.29 is 0 Å². The fourth-order valence-corrected chi connectivity index (χ4v) is 2.56. The minimum absolute atomic E-state index is 0.324. The molecule has 3 rings (SSSR count). The van der Waals surface area contributed by atoms with Crippen molar-refractivity contribution in [3.05, 3.63) is 77.6 Å². The zero-order valence-electron chi connectivity index (χ0n) is 12.5. The zero-order valence-corrected chi connectivity index (χ0v) is 12.5. The lowest BCUT2D eigenvalue weighted by molar-refractivity contribution is 0.575. The second-order valence-electron chi connectivity index (χ2n) is 5.53. The van der Waals surface area contributed by atoms with Gasteiger partial charge in [-0.05, 0) is 30.4 Å². The molecule has 0 aliphatic heterocycles. The number of benzene rings is 2. The minimum atomic E-state index is 0.324. The van der Waals surface area contributed by atoms with E-state index in [0.717, 1.165) is 6.54 Å². The highest BCUT2D eigenvalue weighted by Crippen LogP contribution is 2.19. The van der Waals surface area contributed by atoms with Crippen LogP contribution < -0.4 is 5.32 Å². The summed E-state index contributed by atoms with van der Waals surface area (Å²) in [5.74, 6) is 0. The molecule has 2 heteroatoms. The van der Waals surface area contributed by atoms with Gasteiger partial charge in [0.15, 0.2) is 0 Å². The van der Waals surface area contributed by atoms with Crippen LogP contribution in [0.25, 0.3) is 10.8 Å². The standard InChI is InChI=1S/C19H20N2/c1-14-7-9-16(10-8-14)15(2)21-13-18-12-20-11-17-5-3-4-6-19(17)18/h3-12,15,21H,13H2,1-2H3. The summed E-state index contributed by atoms with van der Waals surface area (Å²) in [7, 11) is 0. The fraction of sp³-hybridized carbons (Fsp3) is 0.211. The van der Waals surface area contributed by atoms with Crippen LogP contribution in [0.4, 0.5) is 0 Å². The van der Waals surface area contributed by atoms with Crippen LogP contribution in [0.5, 0.6) is 0 Å². The molecule has 1 heterocycles. The first-order chi connectivity index (χ1) is 10.2. The van der Waals surface area contributed by atoms with Gasteiger partial charge in [0, 0.05) is 30.4 Å². The second kappa shape index (κ2) is 6.06. The Hall–Kier alpha value is -2.19. The highest BCUT2D eigenvalue weighted by molar-refractivity contribution is 5.84. The zero-order chi connectivity index (χ0) is 14.7. The molecule has 0 bridgehead atoms. The van der Waals surface area contributed by atoms with E-state index < -0.39 is 0 Å². The molecule has 21 heavy (non-hydrogen) atoms. The van der Waals surface area contributed by atoms with Gasteiger partial charge in [0.1, 0.15) is 0 Å². The maximum Gasteiger partial charge on any atom is 0.0346 e. The molecule has 0 fully saturated rings. The van der Waals surface area contributed by atoms with Gasteiger partial charge in [-0.3, -0.25) is 4.98 Å². The summed E-state index contributed by atoms with van der Waals surface area (Å²) in [5.41, 5.74) is 3.85. The van der Waals surface area contributed by atoms with Gasteiger partial charge in [-0.1, -0.05) is 54.1 Å². The number of nitrogens with zero attached hydrogens (tertiary/aromatic N) is 1. The molecular weight excluding hydrogens is 256 g/mol. The lowest BCUT2D eigenvalue weighted by Gasteiger charge is -2.15. The summed E-state index contributed by atoms with van der Waals surface area (Å²) < 4.78 is 0. The molecular formula is C19H20N2. The van der Waals surface area contributed by atoms with Crippen molar-refractivity contribution in [3.8, 4) is 0 Å². The van der Waals surface area contributed by atoms with Crippen LogP contribution in [0, 0.1) is 6.92 Å². The van der Waals surface area contributed by atoms with Gasteiger partial charge < -0.3 is 5.32 Å². The Bertz CT molecular complexity index is 727. The van der Waals surface area contributed by atoms with Gasteiger partial charge in [-0.15, -0.1) is 0 Å². The lowest BCUT2D eigenvalue weighted by atomic mass is 10.1. The highest BCUT2D eigenvalue weighted by Gasteiger charge is 2.06. The van der Waals surface area contributed by atoms with Crippen molar-refractivity contribution in [2.75, 3.05) is 0 Å². The fourth-order valence-electron chi connectivity index (χ4n) is 2.56. The maximum atomic E-state index is 4.34. The van der Waals surface area contributed by atoms with E-state index in [2.05, 4.69) is 72.7 Å². The molecule has 2 aromatic carbocycles. The SMILES string of the molecule is Cc1ccc(C(C)NCc2cncc3ccccc23)cc1. The third kappa shape index (κ3) is 3.11. The van der Waals surface area contributed by atoms with Crippen LogP contribution >= 0.6 is 0 Å². The molecule has 0 radical (unpaired) electrons. The number of pyridine rings is 1. The van der Waals surface area contributed by atoms with Gasteiger partial charge in [-0.25, -0.2) is 0 Å². The Labute approximate surface area is 125 Å². The van der Waals surface area contributed by atoms with E-state index in [1.54, 1.807) is 0 Å². The van der Waals surface area contributed by atoms with Crippen LogP contribution in [0.2, 0.25) is 0 Å². The average molecular weight is 276 g/mol. The number of hydrogen-bond acceptors (Lipinski definition) is 2. The van der Waals surface area contributed by atoms with E-state index in [-0.39, 0.29) is 0 Å². The largest absolute Gasteiger partial charge is 0.306 e. The van der Waals surface area contributed by atoms with Gasteiger partial charge in [0.05, 0.1) is 0 Å². The first-order valence-electron chi connectivity index (χ1n) is 7.35. The van der Waals surface area contributed by atoms with Crippen molar-refractivity contribution in [3.63, 3.8) is 0 Å². The van der Waals surface area contributed by atoms with Crippen molar-refractivity contribution in [2.45, 2.75) is 26.4 Å². The second-order valence-corrected chi connectivity index (χ2v) is 5.53. The van der Waals surface area contributed by atoms with Crippen LogP contribution in [0.1, 0.15) is 29.7 Å². The minimum Gasteiger partial charge on any atom is -0.306 e. The smallest absolute Gasteiger partial charge is 0.0346 e. The van der Waals surface area contributed by atoms with E-state index in [1.807, 2.05) is 12.4 Å². The number of aryl methyl sites for hydroxylation is 1. The molecule has 0 amide bonds. The van der Waals surface area contributed by atoms with Gasteiger partial charge >= 0.3 is 0 Å². The first kappa shape index (κ1) is 13.8. The first-order valence-corrected chi connectivity index (χ1v) is 7.35. The number of fused-ring (bicyclic) bond motifs is 1. The molecule has 1 unspecified atom stereocenters. The number of rotatable bonds is 4. The van der Waals surface area contributed by atoms with E-state index in [0.29, 0.717) is 6.04 Å². The van der Waals surface area contributed by atoms with Gasteiger partial charge in [-0.2, -0.15) is 0 Å². The number of hydrogen-bond donors (Lipinski definition) is 1. The summed E-state index contributed by atoms with van der Waals surface area (Å²) in [6.07, 6.45) is 3.87. The monoisotopic (exact) mass is 276 g/mol. The Balaban J connectivity index is 1.76. The van der Waals surface area contributed by atoms with E-state index in [9.17, 15) is 0 Å². The maximum absolute atomic E-state index is 4.34.